The van der Waals surface area contributed by atoms with E-state index in [9.17, 15) is 13.2 Å². The Hall–Kier alpha value is -1.87. The van der Waals surface area contributed by atoms with Gasteiger partial charge in [0.1, 0.15) is 5.76 Å². The van der Waals surface area contributed by atoms with E-state index in [1.54, 1.807) is 11.8 Å². The van der Waals surface area contributed by atoms with E-state index in [-0.39, 0.29) is 34.7 Å². The second-order valence-electron chi connectivity index (χ2n) is 6.18. The van der Waals surface area contributed by atoms with E-state index in [0.29, 0.717) is 26.1 Å². The van der Waals surface area contributed by atoms with E-state index in [4.69, 9.17) is 10.2 Å². The van der Waals surface area contributed by atoms with Gasteiger partial charge in [-0.3, -0.25) is 4.79 Å². The highest BCUT2D eigenvalue weighted by Crippen LogP contribution is 2.23. The standard InChI is InChI=1S/C18H25N3O4S.ClH/c1-14-16(12-17(25-14)26(23,24)20(2)3)18(22)21(11-7-10-19)13-15-8-5-4-6-9-15;/h4-6,8-9,12H,7,10-11,13,19H2,1-3H3;1H. The van der Waals surface area contributed by atoms with Crippen molar-refractivity contribution in [2.75, 3.05) is 27.2 Å². The van der Waals surface area contributed by atoms with Crippen molar-refractivity contribution >= 4 is 28.3 Å². The number of benzene rings is 1. The molecule has 7 nitrogen and oxygen atoms in total. The SMILES string of the molecule is Cc1oc(S(=O)(=O)N(C)C)cc1C(=O)N(CCCN)Cc1ccccc1.Cl. The Kier molecular flexibility index (Phi) is 8.49. The minimum absolute atomic E-state index is 0. The van der Waals surface area contributed by atoms with Crippen LogP contribution in [0.4, 0.5) is 0 Å². The molecular weight excluding hydrogens is 390 g/mol. The summed E-state index contributed by atoms with van der Waals surface area (Å²) >= 11 is 0. The lowest BCUT2D eigenvalue weighted by Gasteiger charge is -2.22. The summed E-state index contributed by atoms with van der Waals surface area (Å²) in [4.78, 5) is 14.7. The number of amides is 1. The van der Waals surface area contributed by atoms with E-state index < -0.39 is 10.0 Å². The third-order valence-electron chi connectivity index (χ3n) is 4.00. The molecule has 0 fully saturated rings. The van der Waals surface area contributed by atoms with Crippen molar-refractivity contribution in [1.82, 2.24) is 9.21 Å². The summed E-state index contributed by atoms with van der Waals surface area (Å²) in [6, 6.07) is 10.9. The van der Waals surface area contributed by atoms with Crippen LogP contribution in [0.1, 0.15) is 28.1 Å². The molecule has 1 amide bonds. The lowest BCUT2D eigenvalue weighted by Crippen LogP contribution is -2.32. The second kappa shape index (κ2) is 9.89. The molecule has 0 aliphatic carbocycles. The maximum atomic E-state index is 13.0. The topological polar surface area (TPSA) is 96.8 Å². The molecule has 1 heterocycles. The normalized spacial score (nSPS) is 11.3. The van der Waals surface area contributed by atoms with Gasteiger partial charge in [-0.15, -0.1) is 12.4 Å². The van der Waals surface area contributed by atoms with Crippen LogP contribution in [0, 0.1) is 6.92 Å². The van der Waals surface area contributed by atoms with Crippen molar-refractivity contribution in [3.8, 4) is 0 Å². The van der Waals surface area contributed by atoms with Crippen LogP contribution in [0.5, 0.6) is 0 Å². The van der Waals surface area contributed by atoms with E-state index >= 15 is 0 Å². The van der Waals surface area contributed by atoms with Crippen molar-refractivity contribution in [2.24, 2.45) is 5.73 Å². The maximum Gasteiger partial charge on any atom is 0.275 e. The van der Waals surface area contributed by atoms with Crippen molar-refractivity contribution < 1.29 is 17.6 Å². The molecule has 0 spiro atoms. The van der Waals surface area contributed by atoms with Crippen molar-refractivity contribution in [1.29, 1.82) is 0 Å². The first kappa shape index (κ1) is 23.2. The Bertz CT molecular complexity index is 851. The number of nitrogens with zero attached hydrogens (tertiary/aromatic N) is 2. The summed E-state index contributed by atoms with van der Waals surface area (Å²) in [6.45, 7) is 2.94. The molecule has 2 N–H and O–H groups in total. The van der Waals surface area contributed by atoms with Crippen molar-refractivity contribution in [3.63, 3.8) is 0 Å². The monoisotopic (exact) mass is 415 g/mol. The quantitative estimate of drug-likeness (QED) is 0.713. The lowest BCUT2D eigenvalue weighted by atomic mass is 10.1. The van der Waals surface area contributed by atoms with Crippen LogP contribution in [0.3, 0.4) is 0 Å². The van der Waals surface area contributed by atoms with E-state index in [0.717, 1.165) is 9.87 Å². The average Bonchev–Trinajstić information content (AvgIpc) is 3.01. The third kappa shape index (κ3) is 5.55. The maximum absolute atomic E-state index is 13.0. The van der Waals surface area contributed by atoms with Gasteiger partial charge in [-0.1, -0.05) is 30.3 Å². The summed E-state index contributed by atoms with van der Waals surface area (Å²) < 4.78 is 30.9. The summed E-state index contributed by atoms with van der Waals surface area (Å²) in [5.41, 5.74) is 6.83. The molecular formula is C18H26ClN3O4S. The fraction of sp³-hybridized carbons (Fsp3) is 0.389. The first-order valence-electron chi connectivity index (χ1n) is 8.33. The van der Waals surface area contributed by atoms with Crippen LogP contribution in [0.25, 0.3) is 0 Å². The number of hydrogen-bond acceptors (Lipinski definition) is 5. The fourth-order valence-electron chi connectivity index (χ4n) is 2.48. The largest absolute Gasteiger partial charge is 0.448 e. The number of furan rings is 1. The highest BCUT2D eigenvalue weighted by molar-refractivity contribution is 7.88. The van der Waals surface area contributed by atoms with Gasteiger partial charge in [0, 0.05) is 33.3 Å². The molecule has 150 valence electrons. The van der Waals surface area contributed by atoms with Gasteiger partial charge in [-0.2, -0.15) is 0 Å². The molecule has 0 saturated heterocycles. The highest BCUT2D eigenvalue weighted by atomic mass is 35.5. The zero-order chi connectivity index (χ0) is 19.3. The summed E-state index contributed by atoms with van der Waals surface area (Å²) in [5, 5.41) is -0.234. The van der Waals surface area contributed by atoms with Crippen LogP contribution in [0.2, 0.25) is 0 Å². The number of nitrogens with two attached hydrogens (primary N) is 1. The molecule has 0 radical (unpaired) electrons. The number of carbonyl (C=O) groups excluding carboxylic acids is 1. The number of carbonyl (C=O) groups is 1. The molecule has 1 aromatic heterocycles. The van der Waals surface area contributed by atoms with E-state index in [1.807, 2.05) is 30.3 Å². The Morgan fingerprint density at radius 3 is 2.37 bits per heavy atom. The molecule has 1 aromatic carbocycles. The molecule has 0 bridgehead atoms. The minimum Gasteiger partial charge on any atom is -0.448 e. The van der Waals surface area contributed by atoms with Crippen LogP contribution < -0.4 is 5.73 Å². The van der Waals surface area contributed by atoms with Crippen molar-refractivity contribution in [2.45, 2.75) is 25.0 Å². The molecule has 0 unspecified atom stereocenters. The van der Waals surface area contributed by atoms with Crippen LogP contribution in [-0.2, 0) is 16.6 Å². The van der Waals surface area contributed by atoms with Gasteiger partial charge in [0.25, 0.3) is 15.9 Å². The first-order valence-corrected chi connectivity index (χ1v) is 9.77. The molecule has 0 atom stereocenters. The van der Waals surface area contributed by atoms with Gasteiger partial charge < -0.3 is 15.1 Å². The zero-order valence-corrected chi connectivity index (χ0v) is 17.3. The Morgan fingerprint density at radius 1 is 1.19 bits per heavy atom. The van der Waals surface area contributed by atoms with Crippen molar-refractivity contribution in [3.05, 3.63) is 53.3 Å². The predicted octanol–water partition coefficient (Wildman–Crippen LogP) is 2.25. The molecule has 2 aromatic rings. The molecule has 27 heavy (non-hydrogen) atoms. The lowest BCUT2D eigenvalue weighted by molar-refractivity contribution is 0.0740. The summed E-state index contributed by atoms with van der Waals surface area (Å²) in [5.74, 6) is 0.00462. The smallest absolute Gasteiger partial charge is 0.275 e. The van der Waals surface area contributed by atoms with Gasteiger partial charge in [0.2, 0.25) is 5.09 Å². The number of sulfonamides is 1. The van der Waals surface area contributed by atoms with Crippen LogP contribution >= 0.6 is 12.4 Å². The van der Waals surface area contributed by atoms with Gasteiger partial charge in [-0.25, -0.2) is 12.7 Å². The molecule has 0 saturated carbocycles. The average molecular weight is 416 g/mol. The zero-order valence-electron chi connectivity index (χ0n) is 15.7. The Balaban J connectivity index is 0.00000364. The van der Waals surface area contributed by atoms with Crippen LogP contribution in [0.15, 0.2) is 45.9 Å². The predicted molar refractivity (Wildman–Crippen MR) is 106 cm³/mol. The second-order valence-corrected chi connectivity index (χ2v) is 8.26. The third-order valence-corrected chi connectivity index (χ3v) is 5.67. The van der Waals surface area contributed by atoms with Gasteiger partial charge in [-0.05, 0) is 25.5 Å². The van der Waals surface area contributed by atoms with Gasteiger partial charge >= 0.3 is 0 Å². The Labute approximate surface area is 166 Å². The van der Waals surface area contributed by atoms with E-state index in [1.165, 1.54) is 20.2 Å². The number of hydrogen-bond donors (Lipinski definition) is 1. The number of halogens is 1. The van der Waals surface area contributed by atoms with Crippen LogP contribution in [-0.4, -0.2) is 50.7 Å². The fourth-order valence-corrected chi connectivity index (χ4v) is 3.34. The first-order chi connectivity index (χ1) is 12.3. The summed E-state index contributed by atoms with van der Waals surface area (Å²) in [6.07, 6.45) is 0.651. The minimum atomic E-state index is -3.74. The highest BCUT2D eigenvalue weighted by Gasteiger charge is 2.27. The number of rotatable bonds is 8. The molecule has 9 heteroatoms. The number of aryl methyl sites for hydroxylation is 1. The molecule has 2 rings (SSSR count). The van der Waals surface area contributed by atoms with Gasteiger partial charge in [0.05, 0.1) is 5.56 Å². The molecule has 0 aliphatic heterocycles. The summed E-state index contributed by atoms with van der Waals surface area (Å²) in [7, 11) is -0.909. The van der Waals surface area contributed by atoms with E-state index in [2.05, 4.69) is 0 Å². The van der Waals surface area contributed by atoms with Gasteiger partial charge in [0.15, 0.2) is 0 Å². The molecule has 0 aliphatic rings. The Morgan fingerprint density at radius 2 is 1.81 bits per heavy atom.